The minimum Gasteiger partial charge on any atom is -0.368 e. The normalized spacial score (nSPS) is 21.5. The van der Waals surface area contributed by atoms with Crippen LogP contribution in [-0.2, 0) is 16.1 Å². The summed E-state index contributed by atoms with van der Waals surface area (Å²) in [6.07, 6.45) is 1.63. The Labute approximate surface area is 158 Å². The van der Waals surface area contributed by atoms with E-state index in [9.17, 15) is 4.79 Å². The molecule has 1 aromatic carbocycles. The molecule has 1 atom stereocenters. The molecule has 2 aromatic rings. The molecule has 0 bridgehead atoms. The molecule has 0 spiro atoms. The van der Waals surface area contributed by atoms with Gasteiger partial charge in [-0.05, 0) is 37.5 Å². The van der Waals surface area contributed by atoms with Gasteiger partial charge < -0.3 is 9.64 Å². The van der Waals surface area contributed by atoms with Crippen molar-refractivity contribution in [2.75, 3.05) is 32.8 Å². The minimum atomic E-state index is -0.218. The van der Waals surface area contributed by atoms with Crippen molar-refractivity contribution in [1.82, 2.24) is 14.8 Å². The third kappa shape index (κ3) is 3.70. The molecule has 2 fully saturated rings. The number of carbonyl (C=O) groups is 1. The van der Waals surface area contributed by atoms with Gasteiger partial charge in [0.05, 0.1) is 5.52 Å². The highest BCUT2D eigenvalue weighted by molar-refractivity contribution is 6.30. The second-order valence-electron chi connectivity index (χ2n) is 7.24. The van der Waals surface area contributed by atoms with E-state index in [4.69, 9.17) is 16.3 Å². The second-order valence-corrected chi connectivity index (χ2v) is 7.60. The number of halogens is 1. The summed E-state index contributed by atoms with van der Waals surface area (Å²) in [6.45, 7) is 6.72. The molecule has 1 unspecified atom stereocenters. The number of pyridine rings is 1. The maximum atomic E-state index is 12.4. The molecule has 0 saturated carbocycles. The molecule has 0 N–H and O–H groups in total. The number of ether oxygens (including phenoxy) is 1. The van der Waals surface area contributed by atoms with Crippen molar-refractivity contribution in [3.8, 4) is 0 Å². The Morgan fingerprint density at radius 3 is 2.81 bits per heavy atom. The van der Waals surface area contributed by atoms with Crippen molar-refractivity contribution in [3.05, 3.63) is 40.5 Å². The van der Waals surface area contributed by atoms with Gasteiger partial charge in [0.2, 0.25) is 0 Å². The number of piperazine rings is 1. The molecule has 2 saturated heterocycles. The molecule has 0 radical (unpaired) electrons. The fourth-order valence-electron chi connectivity index (χ4n) is 3.75. The lowest BCUT2D eigenvalue weighted by atomic mass is 10.1. The van der Waals surface area contributed by atoms with Crippen molar-refractivity contribution < 1.29 is 9.53 Å². The fourth-order valence-corrected chi connectivity index (χ4v) is 3.96. The lowest BCUT2D eigenvalue weighted by molar-refractivity contribution is -0.142. The molecule has 26 heavy (non-hydrogen) atoms. The number of nitrogens with zero attached hydrogens (tertiary/aromatic N) is 3. The molecule has 138 valence electrons. The third-order valence-electron chi connectivity index (χ3n) is 5.28. The first-order chi connectivity index (χ1) is 12.6. The van der Waals surface area contributed by atoms with Gasteiger partial charge in [-0.25, -0.2) is 4.98 Å². The first-order valence-corrected chi connectivity index (χ1v) is 9.66. The molecule has 0 aliphatic carbocycles. The molecule has 2 aliphatic heterocycles. The van der Waals surface area contributed by atoms with Gasteiger partial charge in [-0.15, -0.1) is 0 Å². The van der Waals surface area contributed by atoms with Crippen molar-refractivity contribution >= 4 is 28.4 Å². The van der Waals surface area contributed by atoms with Crippen molar-refractivity contribution in [2.45, 2.75) is 32.4 Å². The largest absolute Gasteiger partial charge is 0.368 e. The monoisotopic (exact) mass is 373 g/mol. The predicted molar refractivity (Wildman–Crippen MR) is 102 cm³/mol. The molecule has 3 heterocycles. The average Bonchev–Trinajstić information content (AvgIpc) is 3.17. The van der Waals surface area contributed by atoms with E-state index in [-0.39, 0.29) is 12.0 Å². The van der Waals surface area contributed by atoms with Crippen LogP contribution in [0.15, 0.2) is 24.3 Å². The average molecular weight is 374 g/mol. The predicted octanol–water partition coefficient (Wildman–Crippen LogP) is 3.02. The Kier molecular flexibility index (Phi) is 5.11. The minimum absolute atomic E-state index is 0.155. The molecule has 4 rings (SSSR count). The SMILES string of the molecule is Cc1ccc2cc(CN3CCN(C(=O)C4CCCO4)CC3)c(Cl)nc2c1. The van der Waals surface area contributed by atoms with Crippen LogP contribution in [0.2, 0.25) is 5.15 Å². The summed E-state index contributed by atoms with van der Waals surface area (Å²) in [5.41, 5.74) is 3.16. The zero-order valence-electron chi connectivity index (χ0n) is 15.1. The topological polar surface area (TPSA) is 45.7 Å². The highest BCUT2D eigenvalue weighted by atomic mass is 35.5. The lowest BCUT2D eigenvalue weighted by Gasteiger charge is -2.35. The number of fused-ring (bicyclic) bond motifs is 1. The fraction of sp³-hybridized carbons (Fsp3) is 0.500. The van der Waals surface area contributed by atoms with Gasteiger partial charge in [0.15, 0.2) is 0 Å². The van der Waals surface area contributed by atoms with E-state index in [0.29, 0.717) is 11.8 Å². The smallest absolute Gasteiger partial charge is 0.251 e. The summed E-state index contributed by atoms with van der Waals surface area (Å²) in [6, 6.07) is 8.38. The van der Waals surface area contributed by atoms with Crippen LogP contribution in [-0.4, -0.2) is 59.6 Å². The van der Waals surface area contributed by atoms with E-state index in [0.717, 1.165) is 62.0 Å². The van der Waals surface area contributed by atoms with E-state index in [1.807, 2.05) is 4.90 Å². The lowest BCUT2D eigenvalue weighted by Crippen LogP contribution is -2.51. The summed E-state index contributed by atoms with van der Waals surface area (Å²) >= 11 is 6.42. The summed E-state index contributed by atoms with van der Waals surface area (Å²) in [4.78, 5) is 21.3. The van der Waals surface area contributed by atoms with Crippen molar-refractivity contribution in [3.63, 3.8) is 0 Å². The Morgan fingerprint density at radius 1 is 1.27 bits per heavy atom. The van der Waals surface area contributed by atoms with Gasteiger partial charge >= 0.3 is 0 Å². The maximum absolute atomic E-state index is 12.4. The van der Waals surface area contributed by atoms with Crippen LogP contribution in [0.5, 0.6) is 0 Å². The van der Waals surface area contributed by atoms with E-state index >= 15 is 0 Å². The van der Waals surface area contributed by atoms with Gasteiger partial charge in [0.25, 0.3) is 5.91 Å². The first kappa shape index (κ1) is 17.7. The molecule has 2 aliphatic rings. The van der Waals surface area contributed by atoms with Gasteiger partial charge in [-0.1, -0.05) is 23.7 Å². The molecular weight excluding hydrogens is 350 g/mol. The van der Waals surface area contributed by atoms with Crippen LogP contribution < -0.4 is 0 Å². The van der Waals surface area contributed by atoms with Crippen LogP contribution in [0.3, 0.4) is 0 Å². The Morgan fingerprint density at radius 2 is 2.08 bits per heavy atom. The van der Waals surface area contributed by atoms with Crippen LogP contribution >= 0.6 is 11.6 Å². The third-order valence-corrected chi connectivity index (χ3v) is 5.61. The van der Waals surface area contributed by atoms with Gasteiger partial charge in [-0.2, -0.15) is 0 Å². The van der Waals surface area contributed by atoms with Crippen molar-refractivity contribution in [2.24, 2.45) is 0 Å². The Bertz CT molecular complexity index is 812. The second kappa shape index (κ2) is 7.51. The zero-order chi connectivity index (χ0) is 18.1. The van der Waals surface area contributed by atoms with Crippen LogP contribution in [0.4, 0.5) is 0 Å². The standard InChI is InChI=1S/C20H24ClN3O2/c1-14-4-5-15-12-16(19(21)22-17(15)11-14)13-23-6-8-24(9-7-23)20(25)18-3-2-10-26-18/h4-5,11-12,18H,2-3,6-10,13H2,1H3. The van der Waals surface area contributed by atoms with Gasteiger partial charge in [0, 0.05) is 50.3 Å². The number of carbonyl (C=O) groups excluding carboxylic acids is 1. The van der Waals surface area contributed by atoms with Crippen LogP contribution in [0, 0.1) is 6.92 Å². The molecule has 5 nitrogen and oxygen atoms in total. The van der Waals surface area contributed by atoms with E-state index in [1.165, 1.54) is 5.56 Å². The molecule has 1 aromatic heterocycles. The Balaban J connectivity index is 1.39. The number of rotatable bonds is 3. The highest BCUT2D eigenvalue weighted by Crippen LogP contribution is 2.23. The maximum Gasteiger partial charge on any atom is 0.251 e. The van der Waals surface area contributed by atoms with Crippen LogP contribution in [0.1, 0.15) is 24.0 Å². The summed E-state index contributed by atoms with van der Waals surface area (Å²) in [5, 5.41) is 1.68. The van der Waals surface area contributed by atoms with Crippen LogP contribution in [0.25, 0.3) is 10.9 Å². The Hall–Kier alpha value is -1.69. The first-order valence-electron chi connectivity index (χ1n) is 9.29. The highest BCUT2D eigenvalue weighted by Gasteiger charge is 2.30. The van der Waals surface area contributed by atoms with Gasteiger partial charge in [0.1, 0.15) is 11.3 Å². The summed E-state index contributed by atoms with van der Waals surface area (Å²) in [5.74, 6) is 0.155. The van der Waals surface area contributed by atoms with E-state index < -0.39 is 0 Å². The van der Waals surface area contributed by atoms with Gasteiger partial charge in [-0.3, -0.25) is 9.69 Å². The zero-order valence-corrected chi connectivity index (χ0v) is 15.8. The number of aryl methyl sites for hydroxylation is 1. The molecule has 6 heteroatoms. The number of benzene rings is 1. The van der Waals surface area contributed by atoms with E-state index in [2.05, 4.69) is 41.1 Å². The number of amides is 1. The molecular formula is C20H24ClN3O2. The number of hydrogen-bond donors (Lipinski definition) is 0. The quantitative estimate of drug-likeness (QED) is 0.776. The number of hydrogen-bond acceptors (Lipinski definition) is 4. The van der Waals surface area contributed by atoms with Crippen molar-refractivity contribution in [1.29, 1.82) is 0 Å². The summed E-state index contributed by atoms with van der Waals surface area (Å²) < 4.78 is 5.52. The molecule has 1 amide bonds. The number of aromatic nitrogens is 1. The van der Waals surface area contributed by atoms with E-state index in [1.54, 1.807) is 0 Å². The summed E-state index contributed by atoms with van der Waals surface area (Å²) in [7, 11) is 0.